The van der Waals surface area contributed by atoms with Crippen LogP contribution in [0, 0.1) is 0 Å². The lowest BCUT2D eigenvalue weighted by molar-refractivity contribution is 0.0746. The minimum absolute atomic E-state index is 0.0838. The lowest BCUT2D eigenvalue weighted by atomic mass is 10.2. The van der Waals surface area contributed by atoms with E-state index in [4.69, 9.17) is 4.74 Å². The fraction of sp³-hybridized carbons (Fsp3) is 0.364. The SMILES string of the molecule is COCCN(C)c1ccc2ccc(C(=O)N3CCN(c4ccncc4)CC3)cn12. The van der Waals surface area contributed by atoms with Crippen molar-refractivity contribution in [3.63, 3.8) is 0 Å². The van der Waals surface area contributed by atoms with Crippen molar-refractivity contribution < 1.29 is 9.53 Å². The lowest BCUT2D eigenvalue weighted by Gasteiger charge is -2.36. The zero-order valence-electron chi connectivity index (χ0n) is 17.0. The summed E-state index contributed by atoms with van der Waals surface area (Å²) in [7, 11) is 3.74. The Morgan fingerprint density at radius 1 is 1.07 bits per heavy atom. The highest BCUT2D eigenvalue weighted by Gasteiger charge is 2.23. The molecule has 0 spiro atoms. The molecule has 3 aromatic heterocycles. The van der Waals surface area contributed by atoms with Gasteiger partial charge in [-0.1, -0.05) is 0 Å². The predicted molar refractivity (Wildman–Crippen MR) is 115 cm³/mol. The van der Waals surface area contributed by atoms with Crippen LogP contribution in [0.1, 0.15) is 10.4 Å². The smallest absolute Gasteiger partial charge is 0.255 e. The van der Waals surface area contributed by atoms with Crippen molar-refractivity contribution in [2.45, 2.75) is 0 Å². The van der Waals surface area contributed by atoms with Gasteiger partial charge in [-0.3, -0.25) is 9.78 Å². The number of hydrogen-bond acceptors (Lipinski definition) is 5. The van der Waals surface area contributed by atoms with Gasteiger partial charge in [0.1, 0.15) is 5.82 Å². The summed E-state index contributed by atoms with van der Waals surface area (Å²) in [6, 6.07) is 12.1. The Labute approximate surface area is 171 Å². The molecule has 4 rings (SSSR count). The molecule has 0 unspecified atom stereocenters. The van der Waals surface area contributed by atoms with E-state index in [1.54, 1.807) is 19.5 Å². The fourth-order valence-electron chi connectivity index (χ4n) is 3.77. The number of piperazine rings is 1. The van der Waals surface area contributed by atoms with Gasteiger partial charge in [0.15, 0.2) is 0 Å². The number of anilines is 2. The molecule has 1 aliphatic rings. The Bertz CT molecular complexity index is 964. The van der Waals surface area contributed by atoms with Crippen LogP contribution < -0.4 is 9.80 Å². The standard InChI is InChI=1S/C22H27N5O2/c1-24(15-16-29-2)21-6-5-20-4-3-18(17-27(20)21)22(28)26-13-11-25(12-14-26)19-7-9-23-10-8-19/h3-10,17H,11-16H2,1-2H3. The number of rotatable bonds is 6. The molecule has 29 heavy (non-hydrogen) atoms. The zero-order chi connectivity index (χ0) is 20.2. The quantitative estimate of drug-likeness (QED) is 0.644. The third-order valence-electron chi connectivity index (χ3n) is 5.49. The molecule has 0 aliphatic carbocycles. The van der Waals surface area contributed by atoms with Crippen molar-refractivity contribution in [2.75, 3.05) is 63.3 Å². The Kier molecular flexibility index (Phi) is 5.67. The maximum Gasteiger partial charge on any atom is 0.255 e. The molecule has 3 aromatic rings. The molecule has 7 nitrogen and oxygen atoms in total. The largest absolute Gasteiger partial charge is 0.383 e. The van der Waals surface area contributed by atoms with E-state index in [0.29, 0.717) is 25.3 Å². The first-order valence-corrected chi connectivity index (χ1v) is 9.93. The molecule has 0 N–H and O–H groups in total. The number of carbonyl (C=O) groups is 1. The molecule has 1 amide bonds. The van der Waals surface area contributed by atoms with Gasteiger partial charge in [0.05, 0.1) is 12.2 Å². The second-order valence-corrected chi connectivity index (χ2v) is 7.30. The third kappa shape index (κ3) is 4.05. The maximum absolute atomic E-state index is 13.1. The Balaban J connectivity index is 1.47. The molecular formula is C22H27N5O2. The van der Waals surface area contributed by atoms with Crippen LogP contribution in [0.15, 0.2) is 55.0 Å². The number of likely N-dealkylation sites (N-methyl/N-ethyl adjacent to an activating group) is 1. The molecule has 1 saturated heterocycles. The van der Waals surface area contributed by atoms with E-state index in [1.807, 2.05) is 42.4 Å². The molecule has 1 aliphatic heterocycles. The number of fused-ring (bicyclic) bond motifs is 1. The van der Waals surface area contributed by atoms with Crippen LogP contribution in [0.2, 0.25) is 0 Å². The van der Waals surface area contributed by atoms with E-state index in [-0.39, 0.29) is 5.91 Å². The summed E-state index contributed by atoms with van der Waals surface area (Å²) in [5, 5.41) is 0. The van der Waals surface area contributed by atoms with Crippen LogP contribution in [0.5, 0.6) is 0 Å². The number of nitrogens with zero attached hydrogens (tertiary/aromatic N) is 5. The van der Waals surface area contributed by atoms with Gasteiger partial charge in [-0.2, -0.15) is 0 Å². The average Bonchev–Trinajstić information content (AvgIpc) is 3.21. The lowest BCUT2D eigenvalue weighted by Crippen LogP contribution is -2.48. The summed E-state index contributed by atoms with van der Waals surface area (Å²) in [4.78, 5) is 23.6. The summed E-state index contributed by atoms with van der Waals surface area (Å²) in [6.07, 6.45) is 5.56. The highest BCUT2D eigenvalue weighted by atomic mass is 16.5. The molecule has 1 fully saturated rings. The van der Waals surface area contributed by atoms with E-state index in [2.05, 4.69) is 31.3 Å². The molecule has 0 aromatic carbocycles. The summed E-state index contributed by atoms with van der Waals surface area (Å²) in [5.74, 6) is 1.13. The van der Waals surface area contributed by atoms with Crippen LogP contribution in [-0.2, 0) is 4.74 Å². The Morgan fingerprint density at radius 3 is 2.52 bits per heavy atom. The van der Waals surface area contributed by atoms with Gasteiger partial charge in [-0.05, 0) is 36.4 Å². The van der Waals surface area contributed by atoms with Crippen molar-refractivity contribution in [3.8, 4) is 0 Å². The molecule has 7 heteroatoms. The van der Waals surface area contributed by atoms with Gasteiger partial charge in [-0.25, -0.2) is 0 Å². The average molecular weight is 393 g/mol. The molecular weight excluding hydrogens is 366 g/mol. The van der Waals surface area contributed by atoms with Crippen LogP contribution in [0.25, 0.3) is 5.52 Å². The second kappa shape index (κ2) is 8.53. The molecule has 0 bridgehead atoms. The van der Waals surface area contributed by atoms with Crippen molar-refractivity contribution >= 4 is 22.9 Å². The second-order valence-electron chi connectivity index (χ2n) is 7.30. The summed E-state index contributed by atoms with van der Waals surface area (Å²) >= 11 is 0. The van der Waals surface area contributed by atoms with E-state index in [9.17, 15) is 4.79 Å². The van der Waals surface area contributed by atoms with Crippen molar-refractivity contribution in [1.82, 2.24) is 14.3 Å². The zero-order valence-corrected chi connectivity index (χ0v) is 17.0. The first kappa shape index (κ1) is 19.3. The van der Waals surface area contributed by atoms with Gasteiger partial charge in [0.25, 0.3) is 5.91 Å². The van der Waals surface area contributed by atoms with Crippen molar-refractivity contribution in [1.29, 1.82) is 0 Å². The van der Waals surface area contributed by atoms with Crippen molar-refractivity contribution in [2.24, 2.45) is 0 Å². The van der Waals surface area contributed by atoms with E-state index in [0.717, 1.165) is 36.7 Å². The summed E-state index contributed by atoms with van der Waals surface area (Å²) in [6.45, 7) is 4.53. The summed E-state index contributed by atoms with van der Waals surface area (Å²) in [5.41, 5.74) is 2.94. The van der Waals surface area contributed by atoms with Gasteiger partial charge in [0.2, 0.25) is 0 Å². The Morgan fingerprint density at radius 2 is 1.79 bits per heavy atom. The molecule has 0 saturated carbocycles. The monoisotopic (exact) mass is 393 g/mol. The summed E-state index contributed by atoms with van der Waals surface area (Å²) < 4.78 is 7.26. The third-order valence-corrected chi connectivity index (χ3v) is 5.49. The van der Waals surface area contributed by atoms with Gasteiger partial charge in [0, 0.05) is 76.7 Å². The van der Waals surface area contributed by atoms with Gasteiger partial charge in [-0.15, -0.1) is 0 Å². The number of pyridine rings is 2. The molecule has 4 heterocycles. The van der Waals surface area contributed by atoms with E-state index in [1.165, 1.54) is 0 Å². The predicted octanol–water partition coefficient (Wildman–Crippen LogP) is 2.38. The number of methoxy groups -OCH3 is 1. The van der Waals surface area contributed by atoms with Gasteiger partial charge >= 0.3 is 0 Å². The maximum atomic E-state index is 13.1. The minimum atomic E-state index is 0.0838. The van der Waals surface area contributed by atoms with Crippen molar-refractivity contribution in [3.05, 3.63) is 60.6 Å². The van der Waals surface area contributed by atoms with Crippen LogP contribution in [0.3, 0.4) is 0 Å². The number of hydrogen-bond donors (Lipinski definition) is 0. The number of aromatic nitrogens is 2. The first-order valence-electron chi connectivity index (χ1n) is 9.93. The first-order chi connectivity index (χ1) is 14.2. The number of carbonyl (C=O) groups excluding carboxylic acids is 1. The van der Waals surface area contributed by atoms with Gasteiger partial charge < -0.3 is 23.8 Å². The topological polar surface area (TPSA) is 53.3 Å². The molecule has 0 radical (unpaired) electrons. The highest BCUT2D eigenvalue weighted by molar-refractivity contribution is 5.94. The number of amides is 1. The van der Waals surface area contributed by atoms with Crippen LogP contribution >= 0.6 is 0 Å². The normalized spacial score (nSPS) is 14.4. The molecule has 0 atom stereocenters. The Hall–Kier alpha value is -3.06. The minimum Gasteiger partial charge on any atom is -0.383 e. The number of ether oxygens (including phenoxy) is 1. The van der Waals surface area contributed by atoms with E-state index >= 15 is 0 Å². The molecule has 152 valence electrons. The van der Waals surface area contributed by atoms with E-state index < -0.39 is 0 Å². The van der Waals surface area contributed by atoms with Crippen LogP contribution in [0.4, 0.5) is 11.5 Å². The fourth-order valence-corrected chi connectivity index (χ4v) is 3.77. The van der Waals surface area contributed by atoms with Crippen LogP contribution in [-0.4, -0.2) is 73.7 Å². The highest BCUT2D eigenvalue weighted by Crippen LogP contribution is 2.21.